The van der Waals surface area contributed by atoms with Gasteiger partial charge in [-0.25, -0.2) is 4.79 Å². The lowest BCUT2D eigenvalue weighted by molar-refractivity contribution is -0.143. The zero-order valence-corrected chi connectivity index (χ0v) is 16.4. The number of benzene rings is 2. The van der Waals surface area contributed by atoms with E-state index in [0.29, 0.717) is 23.4 Å². The summed E-state index contributed by atoms with van der Waals surface area (Å²) in [7, 11) is 1.55. The molecule has 2 N–H and O–H groups in total. The molecule has 7 heteroatoms. The molecule has 0 fully saturated rings. The highest BCUT2D eigenvalue weighted by atomic mass is 16.5. The van der Waals surface area contributed by atoms with E-state index >= 15 is 0 Å². The van der Waals surface area contributed by atoms with Gasteiger partial charge in [-0.2, -0.15) is 0 Å². The lowest BCUT2D eigenvalue weighted by Crippen LogP contribution is -2.38. The molecule has 0 spiro atoms. The van der Waals surface area contributed by atoms with Gasteiger partial charge in [0.2, 0.25) is 5.91 Å². The van der Waals surface area contributed by atoms with Gasteiger partial charge >= 0.3 is 5.97 Å². The molecule has 0 aliphatic heterocycles. The quantitative estimate of drug-likeness (QED) is 0.384. The molecule has 0 bridgehead atoms. The second kappa shape index (κ2) is 11.3. The van der Waals surface area contributed by atoms with Crippen LogP contribution in [-0.2, 0) is 19.1 Å². The van der Waals surface area contributed by atoms with Crippen LogP contribution >= 0.6 is 0 Å². The van der Waals surface area contributed by atoms with Gasteiger partial charge in [-0.15, -0.1) is 0 Å². The van der Waals surface area contributed by atoms with Crippen molar-refractivity contribution in [1.29, 1.82) is 0 Å². The minimum absolute atomic E-state index is 0.174. The minimum atomic E-state index is -0.657. The van der Waals surface area contributed by atoms with Crippen LogP contribution in [0, 0.1) is 0 Å². The fraction of sp³-hybridized carbons (Fsp3) is 0.227. The van der Waals surface area contributed by atoms with Crippen molar-refractivity contribution in [2.75, 3.05) is 26.8 Å². The molecule has 2 aromatic carbocycles. The molecule has 0 unspecified atom stereocenters. The van der Waals surface area contributed by atoms with Gasteiger partial charge in [0.25, 0.3) is 5.91 Å². The third kappa shape index (κ3) is 6.80. The fourth-order valence-corrected chi connectivity index (χ4v) is 2.52. The van der Waals surface area contributed by atoms with Crippen molar-refractivity contribution < 1.29 is 23.9 Å². The monoisotopic (exact) mass is 396 g/mol. The predicted octanol–water partition coefficient (Wildman–Crippen LogP) is 2.03. The van der Waals surface area contributed by atoms with E-state index in [0.717, 1.165) is 0 Å². The second-order valence-electron chi connectivity index (χ2n) is 5.97. The van der Waals surface area contributed by atoms with E-state index in [4.69, 9.17) is 9.47 Å². The highest BCUT2D eigenvalue weighted by molar-refractivity contribution is 6.22. The van der Waals surface area contributed by atoms with Crippen LogP contribution in [0.4, 0.5) is 0 Å². The summed E-state index contributed by atoms with van der Waals surface area (Å²) in [6.45, 7) is 1.58. The van der Waals surface area contributed by atoms with Crippen LogP contribution in [-0.4, -0.2) is 44.6 Å². The van der Waals surface area contributed by atoms with Crippen molar-refractivity contribution in [2.45, 2.75) is 6.92 Å². The average Bonchev–Trinajstić information content (AvgIpc) is 2.75. The molecule has 0 aliphatic carbocycles. The van der Waals surface area contributed by atoms with E-state index in [1.807, 2.05) is 24.3 Å². The Morgan fingerprint density at radius 3 is 2.31 bits per heavy atom. The van der Waals surface area contributed by atoms with Gasteiger partial charge in [0.15, 0.2) is 6.61 Å². The summed E-state index contributed by atoms with van der Waals surface area (Å²) in [5.41, 5.74) is 1.63. The average molecular weight is 396 g/mol. The maximum Gasteiger partial charge on any atom is 0.339 e. The van der Waals surface area contributed by atoms with Crippen molar-refractivity contribution in [3.63, 3.8) is 0 Å². The molecule has 2 amide bonds. The normalized spacial score (nSPS) is 10.8. The van der Waals surface area contributed by atoms with Gasteiger partial charge in [0.05, 0.1) is 19.2 Å². The summed E-state index contributed by atoms with van der Waals surface area (Å²) in [6, 6.07) is 16.3. The smallest absolute Gasteiger partial charge is 0.339 e. The van der Waals surface area contributed by atoms with Crippen molar-refractivity contribution >= 4 is 29.4 Å². The van der Waals surface area contributed by atoms with Gasteiger partial charge in [-0.05, 0) is 24.6 Å². The van der Waals surface area contributed by atoms with E-state index in [1.54, 1.807) is 50.4 Å². The molecule has 0 aliphatic rings. The topological polar surface area (TPSA) is 93.7 Å². The van der Waals surface area contributed by atoms with Crippen LogP contribution in [0.5, 0.6) is 5.75 Å². The van der Waals surface area contributed by atoms with Crippen LogP contribution in [0.1, 0.15) is 18.1 Å². The number of hydrogen-bond donors (Lipinski definition) is 2. The van der Waals surface area contributed by atoms with Crippen LogP contribution < -0.4 is 15.4 Å². The first-order valence-corrected chi connectivity index (χ1v) is 9.15. The van der Waals surface area contributed by atoms with E-state index in [9.17, 15) is 14.4 Å². The summed E-state index contributed by atoms with van der Waals surface area (Å²) < 4.78 is 10.5. The molecule has 0 heterocycles. The molecule has 0 aromatic heterocycles. The summed E-state index contributed by atoms with van der Waals surface area (Å²) in [5, 5.41) is 4.96. The van der Waals surface area contributed by atoms with E-state index in [1.165, 1.54) is 0 Å². The molecule has 152 valence electrons. The molecular weight excluding hydrogens is 372 g/mol. The Balaban J connectivity index is 2.13. The van der Waals surface area contributed by atoms with Crippen molar-refractivity contribution in [2.24, 2.45) is 0 Å². The number of likely N-dealkylation sites (N-methyl/N-ethyl adjacent to an activating group) is 1. The number of esters is 1. The number of carbonyl (C=O) groups is 3. The number of rotatable bonds is 9. The Bertz CT molecular complexity index is 878. The molecule has 0 saturated heterocycles. The number of carbonyl (C=O) groups excluding carboxylic acids is 3. The molecule has 2 rings (SSSR count). The number of nitrogens with one attached hydrogen (secondary N) is 2. The summed E-state index contributed by atoms with van der Waals surface area (Å²) in [4.78, 5) is 36.0. The summed E-state index contributed by atoms with van der Waals surface area (Å²) in [6.07, 6.45) is 1.66. The molecule has 29 heavy (non-hydrogen) atoms. The molecule has 2 aromatic rings. The summed E-state index contributed by atoms with van der Waals surface area (Å²) in [5.74, 6) is -0.925. The van der Waals surface area contributed by atoms with Gasteiger partial charge in [0, 0.05) is 12.1 Å². The third-order valence-corrected chi connectivity index (χ3v) is 3.90. The number of methoxy groups -OCH3 is 1. The zero-order chi connectivity index (χ0) is 21.1. The molecule has 7 nitrogen and oxygen atoms in total. The van der Waals surface area contributed by atoms with Crippen LogP contribution in [0.15, 0.2) is 54.6 Å². The first-order chi connectivity index (χ1) is 14.0. The highest BCUT2D eigenvalue weighted by Crippen LogP contribution is 2.25. The highest BCUT2D eigenvalue weighted by Gasteiger charge is 2.16. The van der Waals surface area contributed by atoms with Gasteiger partial charge in [-0.3, -0.25) is 9.59 Å². The standard InChI is InChI=1S/C22H24N2O5/c1-3-23-20(25)14-24-21(26)15-29-22(27)18(16-9-5-4-6-10-16)13-17-11-7-8-12-19(17)28-2/h4-13H,3,14-15H2,1-2H3,(H,23,25)(H,24,26)/b18-13+. The lowest BCUT2D eigenvalue weighted by Gasteiger charge is -2.11. The first-order valence-electron chi connectivity index (χ1n) is 9.15. The maximum atomic E-state index is 12.7. The summed E-state index contributed by atoms with van der Waals surface area (Å²) >= 11 is 0. The van der Waals surface area contributed by atoms with Crippen molar-refractivity contribution in [3.8, 4) is 5.75 Å². The predicted molar refractivity (Wildman–Crippen MR) is 110 cm³/mol. The zero-order valence-electron chi connectivity index (χ0n) is 16.4. The van der Waals surface area contributed by atoms with E-state index in [-0.39, 0.29) is 18.0 Å². The van der Waals surface area contributed by atoms with Crippen molar-refractivity contribution in [3.05, 3.63) is 65.7 Å². The number of ether oxygens (including phenoxy) is 2. The first kappa shape index (κ1) is 21.7. The Hall–Kier alpha value is -3.61. The molecule has 0 radical (unpaired) electrons. The fourth-order valence-electron chi connectivity index (χ4n) is 2.52. The maximum absolute atomic E-state index is 12.7. The van der Waals surface area contributed by atoms with Crippen LogP contribution in [0.2, 0.25) is 0 Å². The number of amides is 2. The number of para-hydroxylation sites is 1. The van der Waals surface area contributed by atoms with E-state index < -0.39 is 18.5 Å². The van der Waals surface area contributed by atoms with E-state index in [2.05, 4.69) is 10.6 Å². The molecule has 0 saturated carbocycles. The Labute approximate surface area is 169 Å². The van der Waals surface area contributed by atoms with Crippen LogP contribution in [0.3, 0.4) is 0 Å². The Kier molecular flexibility index (Phi) is 8.44. The van der Waals surface area contributed by atoms with Crippen molar-refractivity contribution in [1.82, 2.24) is 10.6 Å². The largest absolute Gasteiger partial charge is 0.496 e. The van der Waals surface area contributed by atoms with Gasteiger partial charge < -0.3 is 20.1 Å². The number of hydrogen-bond acceptors (Lipinski definition) is 5. The second-order valence-corrected chi connectivity index (χ2v) is 5.97. The van der Waals surface area contributed by atoms with Gasteiger partial charge in [0.1, 0.15) is 5.75 Å². The third-order valence-electron chi connectivity index (χ3n) is 3.90. The molecule has 0 atom stereocenters. The Morgan fingerprint density at radius 2 is 1.62 bits per heavy atom. The minimum Gasteiger partial charge on any atom is -0.496 e. The lowest BCUT2D eigenvalue weighted by atomic mass is 10.0. The Morgan fingerprint density at radius 1 is 0.931 bits per heavy atom. The van der Waals surface area contributed by atoms with Crippen LogP contribution in [0.25, 0.3) is 11.6 Å². The van der Waals surface area contributed by atoms with Gasteiger partial charge in [-0.1, -0.05) is 48.5 Å². The molecular formula is C22H24N2O5. The SMILES string of the molecule is CCNC(=O)CNC(=O)COC(=O)/C(=C/c1ccccc1OC)c1ccccc1.